The Labute approximate surface area is 137 Å². The van der Waals surface area contributed by atoms with E-state index in [1.165, 1.54) is 56.9 Å². The Hall–Kier alpha value is -0.300. The molecule has 0 saturated heterocycles. The molecule has 0 aromatic heterocycles. The highest BCUT2D eigenvalue weighted by atomic mass is 16.3. The van der Waals surface area contributed by atoms with Gasteiger partial charge in [0.1, 0.15) is 0 Å². The number of fused-ring (bicyclic) bond motifs is 1. The number of allylic oxidation sites excluding steroid dienone is 1. The van der Waals surface area contributed by atoms with Gasteiger partial charge in [0.05, 0.1) is 6.10 Å². The van der Waals surface area contributed by atoms with Crippen LogP contribution in [0.25, 0.3) is 0 Å². The SMILES string of the molecule is C=C1CCC2CC([C@@]3(C)CC[C@H](O)C[C@@H]3CCC)CC[C@]12C. The van der Waals surface area contributed by atoms with E-state index in [4.69, 9.17) is 0 Å². The maximum atomic E-state index is 10.2. The van der Waals surface area contributed by atoms with Gasteiger partial charge in [-0.1, -0.05) is 45.8 Å². The molecule has 3 fully saturated rings. The topological polar surface area (TPSA) is 20.2 Å². The fraction of sp³-hybridized carbons (Fsp3) is 0.905. The van der Waals surface area contributed by atoms with Gasteiger partial charge < -0.3 is 5.11 Å². The van der Waals surface area contributed by atoms with Crippen molar-refractivity contribution in [3.05, 3.63) is 12.2 Å². The van der Waals surface area contributed by atoms with Gasteiger partial charge in [0.2, 0.25) is 0 Å². The summed E-state index contributed by atoms with van der Waals surface area (Å²) in [7, 11) is 0. The smallest absolute Gasteiger partial charge is 0.0543 e. The van der Waals surface area contributed by atoms with Crippen LogP contribution in [-0.2, 0) is 0 Å². The summed E-state index contributed by atoms with van der Waals surface area (Å²) in [6, 6.07) is 0. The third-order valence-electron chi connectivity index (χ3n) is 8.16. The van der Waals surface area contributed by atoms with Crippen LogP contribution < -0.4 is 0 Å². The summed E-state index contributed by atoms with van der Waals surface area (Å²) >= 11 is 0. The van der Waals surface area contributed by atoms with Crippen molar-refractivity contribution in [3.8, 4) is 0 Å². The minimum atomic E-state index is -0.0373. The molecule has 1 nitrogen and oxygen atoms in total. The monoisotopic (exact) mass is 304 g/mol. The zero-order chi connectivity index (χ0) is 16.0. The molecule has 0 aromatic carbocycles. The maximum Gasteiger partial charge on any atom is 0.0543 e. The molecule has 0 amide bonds. The first-order valence-electron chi connectivity index (χ1n) is 9.76. The third-order valence-corrected chi connectivity index (χ3v) is 8.16. The van der Waals surface area contributed by atoms with Crippen LogP contribution in [0.4, 0.5) is 0 Å². The van der Waals surface area contributed by atoms with Crippen LogP contribution in [0.15, 0.2) is 12.2 Å². The Kier molecular flexibility index (Phi) is 4.49. The molecule has 1 heteroatoms. The second-order valence-electron chi connectivity index (χ2n) is 9.15. The first-order chi connectivity index (χ1) is 10.4. The highest BCUT2D eigenvalue weighted by molar-refractivity contribution is 5.19. The average Bonchev–Trinajstić information content (AvgIpc) is 2.79. The van der Waals surface area contributed by atoms with Crippen LogP contribution in [0.2, 0.25) is 0 Å². The first kappa shape index (κ1) is 16.6. The second-order valence-corrected chi connectivity index (χ2v) is 9.15. The van der Waals surface area contributed by atoms with E-state index < -0.39 is 0 Å². The summed E-state index contributed by atoms with van der Waals surface area (Å²) < 4.78 is 0. The fourth-order valence-corrected chi connectivity index (χ4v) is 6.27. The Morgan fingerprint density at radius 3 is 2.59 bits per heavy atom. The number of aliphatic hydroxyl groups excluding tert-OH is 1. The molecule has 3 rings (SSSR count). The van der Waals surface area contributed by atoms with Crippen LogP contribution >= 0.6 is 0 Å². The summed E-state index contributed by atoms with van der Waals surface area (Å²) in [5.41, 5.74) is 2.45. The Balaban J connectivity index is 1.76. The van der Waals surface area contributed by atoms with E-state index in [2.05, 4.69) is 27.4 Å². The zero-order valence-corrected chi connectivity index (χ0v) is 15.0. The van der Waals surface area contributed by atoms with Gasteiger partial charge in [-0.2, -0.15) is 0 Å². The normalized spacial score (nSPS) is 49.2. The second kappa shape index (κ2) is 5.96. The molecular weight excluding hydrogens is 268 g/mol. The predicted molar refractivity (Wildman–Crippen MR) is 93.7 cm³/mol. The molecule has 0 spiro atoms. The van der Waals surface area contributed by atoms with Crippen molar-refractivity contribution in [1.82, 2.24) is 0 Å². The summed E-state index contributed by atoms with van der Waals surface area (Å²) in [5, 5.41) is 10.2. The highest BCUT2D eigenvalue weighted by Gasteiger charge is 2.51. The van der Waals surface area contributed by atoms with Gasteiger partial charge in [0.15, 0.2) is 0 Å². The van der Waals surface area contributed by atoms with Crippen molar-refractivity contribution in [2.24, 2.45) is 28.6 Å². The van der Waals surface area contributed by atoms with Crippen molar-refractivity contribution in [3.63, 3.8) is 0 Å². The van der Waals surface area contributed by atoms with Gasteiger partial charge in [-0.15, -0.1) is 0 Å². The summed E-state index contributed by atoms with van der Waals surface area (Å²) in [5.74, 6) is 2.49. The van der Waals surface area contributed by atoms with Gasteiger partial charge in [-0.05, 0) is 80.0 Å². The first-order valence-corrected chi connectivity index (χ1v) is 9.76. The van der Waals surface area contributed by atoms with Crippen LogP contribution in [0.5, 0.6) is 0 Å². The Morgan fingerprint density at radius 2 is 1.86 bits per heavy atom. The lowest BCUT2D eigenvalue weighted by atomic mass is 9.52. The molecular formula is C21H36O. The Bertz CT molecular complexity index is 428. The molecule has 3 saturated carbocycles. The number of hydrogen-bond acceptors (Lipinski definition) is 1. The minimum Gasteiger partial charge on any atom is -0.393 e. The standard InChI is InChI=1S/C21H36O/c1-5-6-16-14-19(22)10-12-21(16,4)18-9-11-20(3)15(2)7-8-17(20)13-18/h16-19,22H,2,5-14H2,1,3-4H3/t16-,17?,18?,19-,20+,21-/m0/s1. The molecule has 0 bridgehead atoms. The molecule has 126 valence electrons. The van der Waals surface area contributed by atoms with Crippen LogP contribution in [0.1, 0.15) is 85.0 Å². The molecule has 0 aliphatic heterocycles. The lowest BCUT2D eigenvalue weighted by Gasteiger charge is -2.53. The molecule has 2 unspecified atom stereocenters. The van der Waals surface area contributed by atoms with Crippen LogP contribution in [0, 0.1) is 28.6 Å². The van der Waals surface area contributed by atoms with Crippen LogP contribution in [-0.4, -0.2) is 11.2 Å². The number of rotatable bonds is 3. The largest absolute Gasteiger partial charge is 0.393 e. The quantitative estimate of drug-likeness (QED) is 0.660. The minimum absolute atomic E-state index is 0.0373. The summed E-state index contributed by atoms with van der Waals surface area (Å²) in [6.07, 6.45) is 12.7. The van der Waals surface area contributed by atoms with E-state index in [-0.39, 0.29) is 6.10 Å². The van der Waals surface area contributed by atoms with Crippen molar-refractivity contribution < 1.29 is 5.11 Å². The number of aliphatic hydroxyl groups is 1. The van der Waals surface area contributed by atoms with Gasteiger partial charge in [-0.25, -0.2) is 0 Å². The van der Waals surface area contributed by atoms with Gasteiger partial charge in [0, 0.05) is 0 Å². The van der Waals surface area contributed by atoms with Gasteiger partial charge in [-0.3, -0.25) is 0 Å². The maximum absolute atomic E-state index is 10.2. The predicted octanol–water partition coefficient (Wildman–Crippen LogP) is 5.73. The molecule has 0 aromatic rings. The van der Waals surface area contributed by atoms with E-state index in [0.717, 1.165) is 30.6 Å². The zero-order valence-electron chi connectivity index (χ0n) is 15.0. The molecule has 6 atom stereocenters. The third kappa shape index (κ3) is 2.58. The van der Waals surface area contributed by atoms with Gasteiger partial charge >= 0.3 is 0 Å². The highest BCUT2D eigenvalue weighted by Crippen LogP contribution is 2.61. The average molecular weight is 305 g/mol. The van der Waals surface area contributed by atoms with Crippen LogP contribution in [0.3, 0.4) is 0 Å². The number of hydrogen-bond donors (Lipinski definition) is 1. The van der Waals surface area contributed by atoms with E-state index in [1.54, 1.807) is 0 Å². The van der Waals surface area contributed by atoms with E-state index >= 15 is 0 Å². The Morgan fingerprint density at radius 1 is 1.09 bits per heavy atom. The van der Waals surface area contributed by atoms with Crippen molar-refractivity contribution in [2.75, 3.05) is 0 Å². The van der Waals surface area contributed by atoms with Crippen molar-refractivity contribution in [2.45, 2.75) is 91.1 Å². The molecule has 0 heterocycles. The van der Waals surface area contributed by atoms with E-state index in [0.29, 0.717) is 10.8 Å². The summed E-state index contributed by atoms with van der Waals surface area (Å²) in [4.78, 5) is 0. The molecule has 3 aliphatic carbocycles. The van der Waals surface area contributed by atoms with Crippen molar-refractivity contribution in [1.29, 1.82) is 0 Å². The van der Waals surface area contributed by atoms with Gasteiger partial charge in [0.25, 0.3) is 0 Å². The molecule has 22 heavy (non-hydrogen) atoms. The summed E-state index contributed by atoms with van der Waals surface area (Å²) in [6.45, 7) is 11.7. The molecule has 3 aliphatic rings. The van der Waals surface area contributed by atoms with E-state index in [9.17, 15) is 5.11 Å². The lowest BCUT2D eigenvalue weighted by molar-refractivity contribution is -0.0518. The van der Waals surface area contributed by atoms with Crippen molar-refractivity contribution >= 4 is 0 Å². The molecule has 0 radical (unpaired) electrons. The molecule has 1 N–H and O–H groups in total. The lowest BCUT2D eigenvalue weighted by Crippen LogP contribution is -2.45. The fourth-order valence-electron chi connectivity index (χ4n) is 6.27. The van der Waals surface area contributed by atoms with E-state index in [1.807, 2.05) is 0 Å².